The first-order valence-electron chi connectivity index (χ1n) is 9.93. The van der Waals surface area contributed by atoms with Crippen molar-refractivity contribution in [2.75, 3.05) is 5.32 Å². The summed E-state index contributed by atoms with van der Waals surface area (Å²) < 4.78 is 5.88. The van der Waals surface area contributed by atoms with E-state index >= 15 is 0 Å². The summed E-state index contributed by atoms with van der Waals surface area (Å²) in [6.07, 6.45) is 0. The Bertz CT molecular complexity index is 981. The van der Waals surface area contributed by atoms with Crippen LogP contribution in [-0.4, -0.2) is 5.91 Å². The lowest BCUT2D eigenvalue weighted by Crippen LogP contribution is -2.13. The molecular weight excluding hydrogens is 358 g/mol. The van der Waals surface area contributed by atoms with E-state index in [1.165, 1.54) is 11.1 Å². The van der Waals surface area contributed by atoms with Gasteiger partial charge >= 0.3 is 0 Å². The molecule has 3 heteroatoms. The van der Waals surface area contributed by atoms with Gasteiger partial charge in [0.25, 0.3) is 5.91 Å². The third kappa shape index (κ3) is 5.47. The van der Waals surface area contributed by atoms with Crippen LogP contribution in [0, 0.1) is 13.8 Å². The second-order valence-corrected chi connectivity index (χ2v) is 8.53. The Morgan fingerprint density at radius 2 is 1.55 bits per heavy atom. The van der Waals surface area contributed by atoms with Gasteiger partial charge in [0, 0.05) is 11.3 Å². The molecule has 0 saturated heterocycles. The number of anilines is 1. The molecule has 0 saturated carbocycles. The van der Waals surface area contributed by atoms with Gasteiger partial charge in [-0.15, -0.1) is 0 Å². The van der Waals surface area contributed by atoms with Crippen LogP contribution in [0.25, 0.3) is 0 Å². The van der Waals surface area contributed by atoms with Crippen LogP contribution in [0.3, 0.4) is 0 Å². The molecule has 0 radical (unpaired) electrons. The zero-order chi connectivity index (χ0) is 21.0. The number of rotatable bonds is 5. The summed E-state index contributed by atoms with van der Waals surface area (Å²) in [5, 5.41) is 2.98. The average Bonchev–Trinajstić information content (AvgIpc) is 2.68. The molecule has 1 N–H and O–H groups in total. The Balaban J connectivity index is 1.59. The summed E-state index contributed by atoms with van der Waals surface area (Å²) in [5.41, 5.74) is 6.14. The lowest BCUT2D eigenvalue weighted by Gasteiger charge is -2.19. The highest BCUT2D eigenvalue weighted by molar-refractivity contribution is 6.04. The van der Waals surface area contributed by atoms with Crippen molar-refractivity contribution < 1.29 is 9.53 Å². The average molecular weight is 388 g/mol. The van der Waals surface area contributed by atoms with Gasteiger partial charge < -0.3 is 10.1 Å². The van der Waals surface area contributed by atoms with Gasteiger partial charge in [-0.05, 0) is 66.3 Å². The van der Waals surface area contributed by atoms with Crippen molar-refractivity contribution in [1.82, 2.24) is 0 Å². The summed E-state index contributed by atoms with van der Waals surface area (Å²) >= 11 is 0. The molecule has 0 bridgehead atoms. The number of aryl methyl sites for hydroxylation is 2. The number of hydrogen-bond donors (Lipinski definition) is 1. The largest absolute Gasteiger partial charge is 0.489 e. The molecule has 0 aromatic heterocycles. The summed E-state index contributed by atoms with van der Waals surface area (Å²) in [5.74, 6) is 0.733. The second-order valence-electron chi connectivity index (χ2n) is 8.53. The third-order valence-corrected chi connectivity index (χ3v) is 4.97. The van der Waals surface area contributed by atoms with E-state index in [-0.39, 0.29) is 11.3 Å². The minimum absolute atomic E-state index is 0.109. The van der Waals surface area contributed by atoms with E-state index in [9.17, 15) is 4.79 Å². The summed E-state index contributed by atoms with van der Waals surface area (Å²) in [6, 6.07) is 21.8. The monoisotopic (exact) mass is 387 g/mol. The number of hydrogen-bond acceptors (Lipinski definition) is 2. The van der Waals surface area contributed by atoms with E-state index in [4.69, 9.17) is 4.74 Å². The highest BCUT2D eigenvalue weighted by Crippen LogP contribution is 2.24. The normalized spacial score (nSPS) is 11.2. The molecule has 0 spiro atoms. The minimum atomic E-state index is -0.109. The second kappa shape index (κ2) is 8.52. The van der Waals surface area contributed by atoms with E-state index in [2.05, 4.69) is 44.3 Å². The number of nitrogens with one attached hydrogen (secondary N) is 1. The van der Waals surface area contributed by atoms with Crippen molar-refractivity contribution in [3.63, 3.8) is 0 Å². The van der Waals surface area contributed by atoms with Crippen LogP contribution in [0.4, 0.5) is 5.69 Å². The standard InChI is InChI=1S/C26H29NO2/c1-18-6-15-24(19(2)16-18)27-25(28)21-9-7-20(8-10-21)17-29-23-13-11-22(12-14-23)26(3,4)5/h6-16H,17H2,1-5H3,(H,27,28). The smallest absolute Gasteiger partial charge is 0.255 e. The zero-order valence-electron chi connectivity index (χ0n) is 17.9. The van der Waals surface area contributed by atoms with E-state index < -0.39 is 0 Å². The molecule has 29 heavy (non-hydrogen) atoms. The fourth-order valence-electron chi connectivity index (χ4n) is 3.12. The first kappa shape index (κ1) is 20.7. The molecular formula is C26H29NO2. The molecule has 1 amide bonds. The maximum atomic E-state index is 12.5. The van der Waals surface area contributed by atoms with Crippen LogP contribution < -0.4 is 10.1 Å². The lowest BCUT2D eigenvalue weighted by atomic mass is 9.87. The third-order valence-electron chi connectivity index (χ3n) is 4.97. The van der Waals surface area contributed by atoms with E-state index in [1.54, 1.807) is 0 Å². The fraction of sp³-hybridized carbons (Fsp3) is 0.269. The maximum Gasteiger partial charge on any atom is 0.255 e. The van der Waals surface area contributed by atoms with E-state index in [0.29, 0.717) is 12.2 Å². The molecule has 0 fully saturated rings. The van der Waals surface area contributed by atoms with E-state index in [0.717, 1.165) is 22.6 Å². The van der Waals surface area contributed by atoms with E-state index in [1.807, 2.05) is 62.4 Å². The van der Waals surface area contributed by atoms with Crippen molar-refractivity contribution in [3.05, 3.63) is 94.5 Å². The predicted molar refractivity (Wildman–Crippen MR) is 120 cm³/mol. The molecule has 3 rings (SSSR count). The van der Waals surface area contributed by atoms with Gasteiger partial charge in [-0.25, -0.2) is 0 Å². The van der Waals surface area contributed by atoms with Gasteiger partial charge in [0.05, 0.1) is 0 Å². The zero-order valence-corrected chi connectivity index (χ0v) is 17.9. The lowest BCUT2D eigenvalue weighted by molar-refractivity contribution is 0.102. The first-order chi connectivity index (χ1) is 13.7. The highest BCUT2D eigenvalue weighted by Gasteiger charge is 2.13. The van der Waals surface area contributed by atoms with Gasteiger partial charge in [0.2, 0.25) is 0 Å². The van der Waals surface area contributed by atoms with Crippen LogP contribution in [0.1, 0.15) is 53.4 Å². The van der Waals surface area contributed by atoms with Gasteiger partial charge in [0.15, 0.2) is 0 Å². The topological polar surface area (TPSA) is 38.3 Å². The Kier molecular flexibility index (Phi) is 6.07. The van der Waals surface area contributed by atoms with Crippen LogP contribution in [-0.2, 0) is 12.0 Å². The fourth-order valence-corrected chi connectivity index (χ4v) is 3.12. The summed E-state index contributed by atoms with van der Waals surface area (Å²) in [6.45, 7) is 11.1. The van der Waals surface area contributed by atoms with Crippen LogP contribution in [0.15, 0.2) is 66.7 Å². The molecule has 0 aliphatic rings. The van der Waals surface area contributed by atoms with Crippen LogP contribution >= 0.6 is 0 Å². The molecule has 0 aliphatic carbocycles. The maximum absolute atomic E-state index is 12.5. The van der Waals surface area contributed by atoms with Crippen molar-refractivity contribution >= 4 is 11.6 Å². The number of carbonyl (C=O) groups excluding carboxylic acids is 1. The number of carbonyl (C=O) groups is 1. The Morgan fingerprint density at radius 3 is 2.14 bits per heavy atom. The Morgan fingerprint density at radius 1 is 0.897 bits per heavy atom. The molecule has 3 aromatic carbocycles. The number of amides is 1. The van der Waals surface area contributed by atoms with Gasteiger partial charge in [-0.2, -0.15) is 0 Å². The highest BCUT2D eigenvalue weighted by atomic mass is 16.5. The van der Waals surface area contributed by atoms with Crippen LogP contribution in [0.2, 0.25) is 0 Å². The van der Waals surface area contributed by atoms with Crippen molar-refractivity contribution in [2.45, 2.75) is 46.6 Å². The van der Waals surface area contributed by atoms with Crippen molar-refractivity contribution in [1.29, 1.82) is 0 Å². The quantitative estimate of drug-likeness (QED) is 0.548. The number of benzene rings is 3. The van der Waals surface area contributed by atoms with Crippen LogP contribution in [0.5, 0.6) is 5.75 Å². The molecule has 0 unspecified atom stereocenters. The SMILES string of the molecule is Cc1ccc(NC(=O)c2ccc(COc3ccc(C(C)(C)C)cc3)cc2)c(C)c1. The molecule has 0 aliphatic heterocycles. The molecule has 3 nitrogen and oxygen atoms in total. The molecule has 3 aromatic rings. The number of ether oxygens (including phenoxy) is 1. The molecule has 150 valence electrons. The Labute approximate surface area is 173 Å². The molecule has 0 heterocycles. The minimum Gasteiger partial charge on any atom is -0.489 e. The summed E-state index contributed by atoms with van der Waals surface area (Å²) in [4.78, 5) is 12.5. The summed E-state index contributed by atoms with van der Waals surface area (Å²) in [7, 11) is 0. The van der Waals surface area contributed by atoms with Gasteiger partial charge in [-0.1, -0.05) is 62.7 Å². The molecule has 0 atom stereocenters. The first-order valence-corrected chi connectivity index (χ1v) is 9.93. The van der Waals surface area contributed by atoms with Crippen molar-refractivity contribution in [2.24, 2.45) is 0 Å². The predicted octanol–water partition coefficient (Wildman–Crippen LogP) is 6.43. The van der Waals surface area contributed by atoms with Gasteiger partial charge in [-0.3, -0.25) is 4.79 Å². The Hall–Kier alpha value is -3.07. The van der Waals surface area contributed by atoms with Gasteiger partial charge in [0.1, 0.15) is 12.4 Å². The van der Waals surface area contributed by atoms with Crippen molar-refractivity contribution in [3.8, 4) is 5.75 Å².